The Morgan fingerprint density at radius 1 is 1.29 bits per heavy atom. The second-order valence-electron chi connectivity index (χ2n) is 4.54. The molecule has 0 spiro atoms. The van der Waals surface area contributed by atoms with Crippen LogP contribution >= 0.6 is 0 Å². The van der Waals surface area contributed by atoms with Gasteiger partial charge in [-0.3, -0.25) is 0 Å². The maximum Gasteiger partial charge on any atom is 0.153 e. The summed E-state index contributed by atoms with van der Waals surface area (Å²) in [6.45, 7) is 7.70. The molecular formula is C12H21NO3S. The summed E-state index contributed by atoms with van der Waals surface area (Å²) in [4.78, 5) is 0. The van der Waals surface area contributed by atoms with Gasteiger partial charge >= 0.3 is 0 Å². The van der Waals surface area contributed by atoms with Crippen molar-refractivity contribution >= 4 is 9.84 Å². The van der Waals surface area contributed by atoms with Crippen LogP contribution in [-0.2, 0) is 9.84 Å². The quantitative estimate of drug-likeness (QED) is 0.849. The van der Waals surface area contributed by atoms with Crippen molar-refractivity contribution < 1.29 is 12.8 Å². The summed E-state index contributed by atoms with van der Waals surface area (Å²) in [7, 11) is -2.96. The molecule has 0 amide bonds. The van der Waals surface area contributed by atoms with Crippen LogP contribution in [0.3, 0.4) is 0 Å². The van der Waals surface area contributed by atoms with Gasteiger partial charge in [0, 0.05) is 6.54 Å². The molecule has 0 fully saturated rings. The third-order valence-corrected chi connectivity index (χ3v) is 4.95. The highest BCUT2D eigenvalue weighted by atomic mass is 32.2. The predicted octanol–water partition coefficient (Wildman–Crippen LogP) is 2.06. The fraction of sp³-hybridized carbons (Fsp3) is 0.667. The first-order valence-corrected chi connectivity index (χ1v) is 7.56. The van der Waals surface area contributed by atoms with E-state index in [2.05, 4.69) is 5.32 Å². The molecule has 0 saturated carbocycles. The molecule has 0 aliphatic carbocycles. The maximum absolute atomic E-state index is 11.6. The molecule has 1 aromatic rings. The Bertz CT molecular complexity index is 448. The highest BCUT2D eigenvalue weighted by molar-refractivity contribution is 7.92. The molecule has 17 heavy (non-hydrogen) atoms. The summed E-state index contributed by atoms with van der Waals surface area (Å²) in [6, 6.07) is 3.84. The zero-order valence-electron chi connectivity index (χ0n) is 10.9. The van der Waals surface area contributed by atoms with Crippen LogP contribution < -0.4 is 5.32 Å². The Morgan fingerprint density at radius 2 is 1.94 bits per heavy atom. The third kappa shape index (κ3) is 4.16. The minimum atomic E-state index is -2.96. The molecule has 0 aliphatic rings. The molecule has 1 N–H and O–H groups in total. The van der Waals surface area contributed by atoms with Gasteiger partial charge in [0.25, 0.3) is 0 Å². The van der Waals surface area contributed by atoms with E-state index in [4.69, 9.17) is 4.42 Å². The summed E-state index contributed by atoms with van der Waals surface area (Å²) in [5, 5.41) is 2.84. The van der Waals surface area contributed by atoms with Crippen molar-refractivity contribution in [3.8, 4) is 0 Å². The molecule has 1 heterocycles. The van der Waals surface area contributed by atoms with E-state index < -0.39 is 9.84 Å². The van der Waals surface area contributed by atoms with Crippen molar-refractivity contribution in [3.63, 3.8) is 0 Å². The van der Waals surface area contributed by atoms with Gasteiger partial charge in [-0.25, -0.2) is 8.42 Å². The molecule has 1 atom stereocenters. The fourth-order valence-corrected chi connectivity index (χ4v) is 2.31. The van der Waals surface area contributed by atoms with Crippen molar-refractivity contribution in [2.75, 3.05) is 12.3 Å². The van der Waals surface area contributed by atoms with E-state index in [1.54, 1.807) is 13.8 Å². The molecule has 0 saturated heterocycles. The van der Waals surface area contributed by atoms with Crippen molar-refractivity contribution in [2.24, 2.45) is 0 Å². The number of hydrogen-bond donors (Lipinski definition) is 1. The van der Waals surface area contributed by atoms with Gasteiger partial charge in [-0.05, 0) is 39.8 Å². The van der Waals surface area contributed by atoms with E-state index in [0.717, 1.165) is 11.5 Å². The monoisotopic (exact) mass is 259 g/mol. The third-order valence-electron chi connectivity index (χ3n) is 2.74. The lowest BCUT2D eigenvalue weighted by atomic mass is 10.2. The lowest BCUT2D eigenvalue weighted by molar-refractivity contribution is 0.421. The van der Waals surface area contributed by atoms with E-state index in [1.165, 1.54) is 0 Å². The van der Waals surface area contributed by atoms with Crippen LogP contribution in [0.4, 0.5) is 0 Å². The molecule has 98 valence electrons. The molecule has 1 rings (SSSR count). The number of furan rings is 1. The van der Waals surface area contributed by atoms with E-state index in [-0.39, 0.29) is 17.0 Å². The first-order valence-electron chi connectivity index (χ1n) is 5.84. The Morgan fingerprint density at radius 3 is 2.41 bits per heavy atom. The second kappa shape index (κ2) is 5.69. The number of hydrogen-bond acceptors (Lipinski definition) is 4. The molecule has 1 aromatic heterocycles. The highest BCUT2D eigenvalue weighted by Crippen LogP contribution is 2.15. The summed E-state index contributed by atoms with van der Waals surface area (Å²) >= 11 is 0. The fourth-order valence-electron chi connectivity index (χ4n) is 1.44. The van der Waals surface area contributed by atoms with E-state index in [9.17, 15) is 8.42 Å². The number of aryl methyl sites for hydroxylation is 1. The van der Waals surface area contributed by atoms with Crippen LogP contribution in [0.15, 0.2) is 16.5 Å². The Labute approximate surface area is 103 Å². The molecule has 1 unspecified atom stereocenters. The van der Waals surface area contributed by atoms with Crippen LogP contribution in [-0.4, -0.2) is 26.0 Å². The molecule has 0 aromatic carbocycles. The van der Waals surface area contributed by atoms with Gasteiger partial charge in [-0.15, -0.1) is 0 Å². The largest absolute Gasteiger partial charge is 0.465 e. The zero-order valence-corrected chi connectivity index (χ0v) is 11.7. The minimum absolute atomic E-state index is 0.0334. The molecule has 5 heteroatoms. The second-order valence-corrected chi connectivity index (χ2v) is 7.22. The number of rotatable bonds is 6. The maximum atomic E-state index is 11.6. The minimum Gasteiger partial charge on any atom is -0.465 e. The van der Waals surface area contributed by atoms with Crippen LogP contribution in [0.5, 0.6) is 0 Å². The zero-order chi connectivity index (χ0) is 13.1. The van der Waals surface area contributed by atoms with Crippen LogP contribution in [0.25, 0.3) is 0 Å². The summed E-state index contributed by atoms with van der Waals surface area (Å²) in [6.07, 6.45) is 0. The van der Waals surface area contributed by atoms with Crippen molar-refractivity contribution in [3.05, 3.63) is 23.7 Å². The molecule has 0 bridgehead atoms. The normalized spacial score (nSPS) is 14.2. The topological polar surface area (TPSA) is 59.3 Å². The molecule has 0 aliphatic heterocycles. The summed E-state index contributed by atoms with van der Waals surface area (Å²) < 4.78 is 28.6. The highest BCUT2D eigenvalue weighted by Gasteiger charge is 2.16. The molecular weight excluding hydrogens is 238 g/mol. The first kappa shape index (κ1) is 14.3. The SMILES string of the molecule is Cc1ccc(C(C)NCCS(=O)(=O)C(C)C)o1. The lowest BCUT2D eigenvalue weighted by Crippen LogP contribution is -2.28. The summed E-state index contributed by atoms with van der Waals surface area (Å²) in [5.74, 6) is 1.86. The van der Waals surface area contributed by atoms with Gasteiger partial charge in [0.15, 0.2) is 9.84 Å². The van der Waals surface area contributed by atoms with Crippen molar-refractivity contribution in [2.45, 2.75) is 39.0 Å². The van der Waals surface area contributed by atoms with E-state index in [0.29, 0.717) is 6.54 Å². The van der Waals surface area contributed by atoms with Crippen molar-refractivity contribution in [1.82, 2.24) is 5.32 Å². The Kier molecular flexibility index (Phi) is 4.77. The average Bonchev–Trinajstić information content (AvgIpc) is 2.64. The lowest BCUT2D eigenvalue weighted by Gasteiger charge is -2.12. The standard InChI is InChI=1S/C12H21NO3S/c1-9(2)17(14,15)8-7-13-11(4)12-6-5-10(3)16-12/h5-6,9,11,13H,7-8H2,1-4H3. The summed E-state index contributed by atoms with van der Waals surface area (Å²) in [5.41, 5.74) is 0. The van der Waals surface area contributed by atoms with Gasteiger partial charge in [-0.2, -0.15) is 0 Å². The Balaban J connectivity index is 2.42. The molecule has 0 radical (unpaired) electrons. The smallest absolute Gasteiger partial charge is 0.153 e. The van der Waals surface area contributed by atoms with Gasteiger partial charge in [0.05, 0.1) is 17.0 Å². The van der Waals surface area contributed by atoms with Gasteiger partial charge in [0.1, 0.15) is 11.5 Å². The van der Waals surface area contributed by atoms with E-state index in [1.807, 2.05) is 26.0 Å². The average molecular weight is 259 g/mol. The van der Waals surface area contributed by atoms with Crippen LogP contribution in [0.2, 0.25) is 0 Å². The first-order chi connectivity index (χ1) is 7.83. The van der Waals surface area contributed by atoms with E-state index >= 15 is 0 Å². The van der Waals surface area contributed by atoms with Gasteiger partial charge in [-0.1, -0.05) is 0 Å². The number of nitrogens with one attached hydrogen (secondary N) is 1. The molecule has 4 nitrogen and oxygen atoms in total. The van der Waals surface area contributed by atoms with Crippen LogP contribution in [0, 0.1) is 6.92 Å². The van der Waals surface area contributed by atoms with Gasteiger partial charge in [0.2, 0.25) is 0 Å². The van der Waals surface area contributed by atoms with Crippen molar-refractivity contribution in [1.29, 1.82) is 0 Å². The number of sulfone groups is 1. The Hall–Kier alpha value is -0.810. The van der Waals surface area contributed by atoms with Gasteiger partial charge < -0.3 is 9.73 Å². The predicted molar refractivity (Wildman–Crippen MR) is 68.8 cm³/mol. The van der Waals surface area contributed by atoms with Crippen LogP contribution in [0.1, 0.15) is 38.3 Å².